The van der Waals surface area contributed by atoms with Crippen LogP contribution < -0.4 is 0 Å². The van der Waals surface area contributed by atoms with Crippen LogP contribution in [0.1, 0.15) is 243 Å². The summed E-state index contributed by atoms with van der Waals surface area (Å²) < 4.78 is 1.59. The van der Waals surface area contributed by atoms with Gasteiger partial charge in [0.05, 0.1) is 0 Å². The Morgan fingerprint density at radius 2 is 0.893 bits per heavy atom. The first-order valence-corrected chi connectivity index (χ1v) is 24.4. The number of aryl methyl sites for hydroxylation is 2. The van der Waals surface area contributed by atoms with Gasteiger partial charge in [-0.25, -0.2) is 4.70 Å². The van der Waals surface area contributed by atoms with Gasteiger partial charge in [-0.3, -0.25) is 0 Å². The maximum atomic E-state index is 12.2. The first-order chi connectivity index (χ1) is 27.7. The second kappa shape index (κ2) is 31.3. The van der Waals surface area contributed by atoms with E-state index in [1.54, 1.807) is 4.70 Å². The summed E-state index contributed by atoms with van der Waals surface area (Å²) in [5.74, 6) is 0. The van der Waals surface area contributed by atoms with Gasteiger partial charge in [0.1, 0.15) is 0 Å². The summed E-state index contributed by atoms with van der Waals surface area (Å²) in [4.78, 5) is 0. The molecule has 0 aromatic heterocycles. The zero-order valence-electron chi connectivity index (χ0n) is 37.3. The average molecular weight is 763 g/mol. The van der Waals surface area contributed by atoms with E-state index in [2.05, 4.69) is 88.4 Å². The Morgan fingerprint density at radius 3 is 1.45 bits per heavy atom. The fourth-order valence-electron chi connectivity index (χ4n) is 8.69. The molecule has 0 N–H and O–H groups in total. The van der Waals surface area contributed by atoms with E-state index in [1.165, 1.54) is 176 Å². The van der Waals surface area contributed by atoms with Gasteiger partial charge in [-0.2, -0.15) is 0 Å². The highest BCUT2D eigenvalue weighted by molar-refractivity contribution is 5.83. The third-order valence-electron chi connectivity index (χ3n) is 12.2. The summed E-state index contributed by atoms with van der Waals surface area (Å²) in [5, 5.41) is 0. The predicted molar refractivity (Wildman–Crippen MR) is 248 cm³/mol. The molecule has 1 aliphatic heterocycles. The van der Waals surface area contributed by atoms with Crippen molar-refractivity contribution in [3.8, 4) is 0 Å². The first-order valence-electron chi connectivity index (χ1n) is 24.4. The fourth-order valence-corrected chi connectivity index (χ4v) is 8.69. The van der Waals surface area contributed by atoms with Crippen molar-refractivity contribution in [3.63, 3.8) is 0 Å². The summed E-state index contributed by atoms with van der Waals surface area (Å²) >= 11 is 0. The Bertz CT molecular complexity index is 1420. The highest BCUT2D eigenvalue weighted by atomic mass is 15.2. The van der Waals surface area contributed by atoms with Gasteiger partial charge in [-0.1, -0.05) is 211 Å². The molecule has 2 nitrogen and oxygen atoms in total. The summed E-state index contributed by atoms with van der Waals surface area (Å²) in [5.41, 5.74) is 22.0. The van der Waals surface area contributed by atoms with Crippen molar-refractivity contribution in [2.75, 3.05) is 0 Å². The Labute approximate surface area is 347 Å². The fraction of sp³-hybridized carbons (Fsp3) is 0.667. The van der Waals surface area contributed by atoms with Gasteiger partial charge in [-0.15, -0.1) is 0 Å². The summed E-state index contributed by atoms with van der Waals surface area (Å²) in [7, 11) is 0. The molecule has 0 amide bonds. The zero-order valence-corrected chi connectivity index (χ0v) is 37.3. The standard InChI is InChI=1S/C54H86N2/c1-5-9-13-14-15-16-17-18-19-20-21-22-23-24-25-26-27-28-29-30-31-32-33-34-40-48-41-35-36-45-50(48)54-52(44-12-8-4)51(43-11-7-3)53(56(54)55)49-42-37-39-47(46-49)38-10-6-2/h32-33,35-37,39,41-42,45-46H,5-31,34,38,40,43-44H2,1-4H3. The van der Waals surface area contributed by atoms with Crippen LogP contribution in [-0.4, -0.2) is 4.70 Å². The molecule has 312 valence electrons. The van der Waals surface area contributed by atoms with Crippen LogP contribution in [-0.2, 0) is 12.8 Å². The molecule has 0 unspecified atom stereocenters. The maximum absolute atomic E-state index is 12.2. The van der Waals surface area contributed by atoms with Crippen molar-refractivity contribution in [1.82, 2.24) is 0 Å². The molecule has 3 rings (SSSR count). The molecule has 1 aliphatic rings. The second-order valence-electron chi connectivity index (χ2n) is 17.2. The molecule has 0 saturated heterocycles. The molecule has 0 aliphatic carbocycles. The number of nitrogens with zero attached hydrogens (tertiary/aromatic N) is 2. The Hall–Kier alpha value is -2.74. The van der Waals surface area contributed by atoms with Crippen LogP contribution in [0.3, 0.4) is 0 Å². The quantitative estimate of drug-likeness (QED) is 0.0380. The predicted octanol–water partition coefficient (Wildman–Crippen LogP) is 18.3. The molecule has 2 aromatic carbocycles. The van der Waals surface area contributed by atoms with Gasteiger partial charge in [0.2, 0.25) is 11.4 Å². The highest BCUT2D eigenvalue weighted by Crippen LogP contribution is 2.45. The van der Waals surface area contributed by atoms with E-state index >= 15 is 0 Å². The van der Waals surface area contributed by atoms with Gasteiger partial charge in [0.25, 0.3) is 0 Å². The topological polar surface area (TPSA) is 25.3 Å². The van der Waals surface area contributed by atoms with E-state index in [1.807, 2.05) is 0 Å². The zero-order chi connectivity index (χ0) is 39.9. The molecule has 0 fully saturated rings. The van der Waals surface area contributed by atoms with Crippen LogP contribution in [0.25, 0.3) is 16.9 Å². The van der Waals surface area contributed by atoms with Crippen molar-refractivity contribution < 1.29 is 4.70 Å². The minimum absolute atomic E-state index is 0.996. The Morgan fingerprint density at radius 1 is 0.429 bits per heavy atom. The number of benzene rings is 2. The SMILES string of the molecule is CCCCCCCCCCCCCCCCCCCCCCC=CCCc1ccccc1C1=C(CCCC)C(CCCC)=C(c2cccc(CCCC)c2)[N+]1=[N-]. The lowest BCUT2D eigenvalue weighted by atomic mass is 9.90. The van der Waals surface area contributed by atoms with Gasteiger partial charge in [0, 0.05) is 22.3 Å². The largest absolute Gasteiger partial charge is 0.493 e. The van der Waals surface area contributed by atoms with Gasteiger partial charge >= 0.3 is 0 Å². The number of unbranched alkanes of at least 4 members (excludes halogenated alkanes) is 23. The summed E-state index contributed by atoms with van der Waals surface area (Å²) in [6.07, 6.45) is 46.8. The molecule has 56 heavy (non-hydrogen) atoms. The van der Waals surface area contributed by atoms with Crippen LogP contribution >= 0.6 is 0 Å². The minimum atomic E-state index is 0.996. The van der Waals surface area contributed by atoms with Gasteiger partial charge in [-0.05, 0) is 93.5 Å². The Kier molecular flexibility index (Phi) is 26.6. The Balaban J connectivity index is 1.39. The molecular weight excluding hydrogens is 677 g/mol. The molecule has 2 heteroatoms. The van der Waals surface area contributed by atoms with E-state index in [-0.39, 0.29) is 0 Å². The average Bonchev–Trinajstić information content (AvgIpc) is 3.49. The third kappa shape index (κ3) is 18.2. The van der Waals surface area contributed by atoms with Crippen LogP contribution in [0.5, 0.6) is 0 Å². The van der Waals surface area contributed by atoms with Crippen molar-refractivity contribution >= 4 is 11.4 Å². The number of hydrogen-bond acceptors (Lipinski definition) is 0. The highest BCUT2D eigenvalue weighted by Gasteiger charge is 2.36. The maximum Gasteiger partial charge on any atom is 0.211 e. The van der Waals surface area contributed by atoms with Crippen LogP contribution in [0, 0.1) is 0 Å². The summed E-state index contributed by atoms with van der Waals surface area (Å²) in [6.45, 7) is 9.12. The lowest BCUT2D eigenvalue weighted by Gasteiger charge is -2.13. The van der Waals surface area contributed by atoms with E-state index in [9.17, 15) is 5.53 Å². The molecule has 1 heterocycles. The molecule has 0 radical (unpaired) electrons. The van der Waals surface area contributed by atoms with Crippen molar-refractivity contribution in [3.05, 3.63) is 99.6 Å². The summed E-state index contributed by atoms with van der Waals surface area (Å²) in [6, 6.07) is 17.8. The van der Waals surface area contributed by atoms with E-state index in [4.69, 9.17) is 0 Å². The monoisotopic (exact) mass is 763 g/mol. The van der Waals surface area contributed by atoms with Crippen molar-refractivity contribution in [2.24, 2.45) is 0 Å². The molecule has 0 saturated carbocycles. The van der Waals surface area contributed by atoms with Crippen molar-refractivity contribution in [2.45, 2.75) is 233 Å². The molecule has 2 aromatic rings. The first kappa shape index (κ1) is 47.6. The molecule has 0 bridgehead atoms. The van der Waals surface area contributed by atoms with E-state index < -0.39 is 0 Å². The number of allylic oxidation sites excluding steroid dienone is 4. The van der Waals surface area contributed by atoms with Crippen molar-refractivity contribution in [1.29, 1.82) is 0 Å². The lowest BCUT2D eigenvalue weighted by molar-refractivity contribution is -0.345. The van der Waals surface area contributed by atoms with E-state index in [0.717, 1.165) is 74.7 Å². The smallest absolute Gasteiger partial charge is 0.211 e. The van der Waals surface area contributed by atoms with E-state index in [0.29, 0.717) is 0 Å². The lowest BCUT2D eigenvalue weighted by Crippen LogP contribution is -2.05. The number of hydrogen-bond donors (Lipinski definition) is 0. The van der Waals surface area contributed by atoms with Gasteiger partial charge in [0.15, 0.2) is 0 Å². The normalized spacial score (nSPS) is 13.3. The molecular formula is C54H86N2. The van der Waals surface area contributed by atoms with Gasteiger partial charge < -0.3 is 5.53 Å². The van der Waals surface area contributed by atoms with Crippen LogP contribution in [0.2, 0.25) is 0 Å². The molecule has 0 spiro atoms. The number of rotatable bonds is 35. The van der Waals surface area contributed by atoms with Crippen LogP contribution in [0.4, 0.5) is 0 Å². The molecule has 0 atom stereocenters. The minimum Gasteiger partial charge on any atom is -0.493 e. The third-order valence-corrected chi connectivity index (χ3v) is 12.2. The second-order valence-corrected chi connectivity index (χ2v) is 17.2. The van der Waals surface area contributed by atoms with Crippen LogP contribution in [0.15, 0.2) is 71.8 Å².